The zero-order chi connectivity index (χ0) is 22.9. The molecule has 2 aromatic heterocycles. The number of hydrogen-bond acceptors (Lipinski definition) is 7. The van der Waals surface area contributed by atoms with Gasteiger partial charge in [0.15, 0.2) is 5.65 Å². The number of hydrogen-bond donors (Lipinski definition) is 1. The van der Waals surface area contributed by atoms with Gasteiger partial charge in [-0.2, -0.15) is 5.26 Å². The number of anilines is 1. The van der Waals surface area contributed by atoms with Crippen molar-refractivity contribution in [2.45, 2.75) is 35.6 Å². The number of benzene rings is 2. The van der Waals surface area contributed by atoms with Crippen LogP contribution in [-0.4, -0.2) is 14.9 Å². The Kier molecular flexibility index (Phi) is 5.40. The highest BCUT2D eigenvalue weighted by atomic mass is 32.2. The first-order valence-corrected chi connectivity index (χ1v) is 11.4. The van der Waals surface area contributed by atoms with Crippen molar-refractivity contribution in [3.8, 4) is 17.2 Å². The number of non-ortho nitro benzene ring substituents is 1. The summed E-state index contributed by atoms with van der Waals surface area (Å²) in [4.78, 5) is 21.3. The van der Waals surface area contributed by atoms with Gasteiger partial charge in [-0.25, -0.2) is 9.97 Å². The maximum atomic E-state index is 11.2. The third-order valence-corrected chi connectivity index (χ3v) is 6.85. The monoisotopic (exact) mass is 453 g/mol. The Hall–Kier alpha value is -3.96. The van der Waals surface area contributed by atoms with E-state index in [4.69, 9.17) is 15.7 Å². The van der Waals surface area contributed by atoms with Gasteiger partial charge in [0.1, 0.15) is 11.1 Å². The van der Waals surface area contributed by atoms with Crippen LogP contribution in [0.15, 0.2) is 64.5 Å². The summed E-state index contributed by atoms with van der Waals surface area (Å²) in [5, 5.41) is 22.5. The van der Waals surface area contributed by atoms with Crippen molar-refractivity contribution in [2.24, 2.45) is 0 Å². The van der Waals surface area contributed by atoms with Crippen LogP contribution >= 0.6 is 11.8 Å². The number of nitriles is 1. The normalized spacial score (nSPS) is 12.8. The zero-order valence-corrected chi connectivity index (χ0v) is 18.4. The van der Waals surface area contributed by atoms with Crippen molar-refractivity contribution in [3.05, 3.63) is 81.5 Å². The van der Waals surface area contributed by atoms with E-state index in [2.05, 4.69) is 6.07 Å². The average Bonchev–Trinajstić information content (AvgIpc) is 2.84. The summed E-state index contributed by atoms with van der Waals surface area (Å²) < 4.78 is 0. The Bertz CT molecular complexity index is 1430. The fourth-order valence-corrected chi connectivity index (χ4v) is 5.18. The molecule has 2 N–H and O–H groups in total. The van der Waals surface area contributed by atoms with Gasteiger partial charge in [0.25, 0.3) is 5.69 Å². The van der Waals surface area contributed by atoms with Crippen molar-refractivity contribution >= 4 is 34.2 Å². The first-order valence-electron chi connectivity index (χ1n) is 10.6. The van der Waals surface area contributed by atoms with E-state index in [-0.39, 0.29) is 5.69 Å². The minimum Gasteiger partial charge on any atom is -0.398 e. The molecule has 0 aliphatic heterocycles. The van der Waals surface area contributed by atoms with Gasteiger partial charge in [0.05, 0.1) is 15.9 Å². The molecule has 5 rings (SSSR count). The third-order valence-electron chi connectivity index (χ3n) is 5.86. The van der Waals surface area contributed by atoms with Crippen LogP contribution in [0.1, 0.15) is 29.7 Å². The van der Waals surface area contributed by atoms with Gasteiger partial charge in [-0.1, -0.05) is 30.0 Å². The summed E-state index contributed by atoms with van der Waals surface area (Å²) in [5.41, 5.74) is 11.4. The number of pyridine rings is 2. The van der Waals surface area contributed by atoms with Crippen LogP contribution in [0.3, 0.4) is 0 Å². The highest BCUT2D eigenvalue weighted by Crippen LogP contribution is 2.42. The van der Waals surface area contributed by atoms with Gasteiger partial charge in [0, 0.05) is 34.0 Å². The molecule has 4 aromatic rings. The molecule has 0 bridgehead atoms. The Morgan fingerprint density at radius 2 is 1.76 bits per heavy atom. The molecule has 2 heterocycles. The summed E-state index contributed by atoms with van der Waals surface area (Å²) in [6.45, 7) is 0. The van der Waals surface area contributed by atoms with Crippen LogP contribution < -0.4 is 5.73 Å². The molecule has 0 atom stereocenters. The zero-order valence-electron chi connectivity index (χ0n) is 17.6. The van der Waals surface area contributed by atoms with Gasteiger partial charge < -0.3 is 5.73 Å². The van der Waals surface area contributed by atoms with Gasteiger partial charge >= 0.3 is 0 Å². The summed E-state index contributed by atoms with van der Waals surface area (Å²) in [5.74, 6) is 0. The van der Waals surface area contributed by atoms with Crippen LogP contribution in [0.4, 0.5) is 11.4 Å². The SMILES string of the molecule is N#Cc1c(Sc2ccccc2)nc2nc3c(c(N)c2c1-c1ccc([N+](=O)[O-])cc1)CCCC3. The maximum Gasteiger partial charge on any atom is 0.269 e. The topological polar surface area (TPSA) is 119 Å². The van der Waals surface area contributed by atoms with Crippen molar-refractivity contribution in [1.82, 2.24) is 9.97 Å². The lowest BCUT2D eigenvalue weighted by molar-refractivity contribution is -0.384. The highest BCUT2D eigenvalue weighted by Gasteiger charge is 2.25. The van der Waals surface area contributed by atoms with Crippen molar-refractivity contribution < 1.29 is 4.92 Å². The van der Waals surface area contributed by atoms with E-state index in [1.165, 1.54) is 23.9 Å². The third kappa shape index (κ3) is 3.77. The number of nitrogen functional groups attached to an aromatic ring is 1. The van der Waals surface area contributed by atoms with E-state index < -0.39 is 4.92 Å². The molecule has 0 saturated heterocycles. The average molecular weight is 454 g/mol. The minimum absolute atomic E-state index is 0.0158. The molecular weight excluding hydrogens is 434 g/mol. The molecule has 0 amide bonds. The van der Waals surface area contributed by atoms with Gasteiger partial charge in [0.2, 0.25) is 0 Å². The highest BCUT2D eigenvalue weighted by molar-refractivity contribution is 7.99. The number of nitro benzene ring substituents is 1. The van der Waals surface area contributed by atoms with E-state index in [1.807, 2.05) is 30.3 Å². The molecule has 0 saturated carbocycles. The second-order valence-corrected chi connectivity index (χ2v) is 8.92. The molecule has 0 fully saturated rings. The van der Waals surface area contributed by atoms with E-state index in [0.717, 1.165) is 41.8 Å². The van der Waals surface area contributed by atoms with Crippen molar-refractivity contribution in [2.75, 3.05) is 5.73 Å². The van der Waals surface area contributed by atoms with Crippen LogP contribution in [-0.2, 0) is 12.8 Å². The number of nitro groups is 1. The fraction of sp³-hybridized carbons (Fsp3) is 0.160. The van der Waals surface area contributed by atoms with Crippen molar-refractivity contribution in [3.63, 3.8) is 0 Å². The second-order valence-electron chi connectivity index (χ2n) is 7.85. The first kappa shape index (κ1) is 20.9. The summed E-state index contributed by atoms with van der Waals surface area (Å²) in [7, 11) is 0. The molecule has 33 heavy (non-hydrogen) atoms. The second kappa shape index (κ2) is 8.52. The quantitative estimate of drug-likeness (QED) is 0.311. The lowest BCUT2D eigenvalue weighted by Crippen LogP contribution is -2.11. The largest absolute Gasteiger partial charge is 0.398 e. The standard InChI is InChI=1S/C25H19N5O2S/c26-14-19-21(15-10-12-16(13-11-15)30(31)32)22-23(27)18-8-4-5-9-20(18)28-24(22)29-25(19)33-17-6-2-1-3-7-17/h1-3,6-7,10-13H,4-5,8-9H2,(H2,27,28,29). The van der Waals surface area contributed by atoms with E-state index in [0.29, 0.717) is 38.4 Å². The number of nitrogens with two attached hydrogens (primary N) is 1. The Balaban J connectivity index is 1.82. The Morgan fingerprint density at radius 1 is 1.03 bits per heavy atom. The van der Waals surface area contributed by atoms with Crippen LogP contribution in [0.2, 0.25) is 0 Å². The number of nitrogens with zero attached hydrogens (tertiary/aromatic N) is 4. The lowest BCUT2D eigenvalue weighted by Gasteiger charge is -2.21. The molecule has 0 radical (unpaired) electrons. The molecule has 2 aromatic carbocycles. The summed E-state index contributed by atoms with van der Waals surface area (Å²) >= 11 is 1.39. The smallest absolute Gasteiger partial charge is 0.269 e. The van der Waals surface area contributed by atoms with Crippen LogP contribution in [0, 0.1) is 21.4 Å². The van der Waals surface area contributed by atoms with E-state index in [1.54, 1.807) is 12.1 Å². The predicted octanol–water partition coefficient (Wildman–Crippen LogP) is 5.69. The minimum atomic E-state index is -0.442. The Morgan fingerprint density at radius 3 is 2.45 bits per heavy atom. The number of fused-ring (bicyclic) bond motifs is 2. The molecule has 7 nitrogen and oxygen atoms in total. The van der Waals surface area contributed by atoms with Gasteiger partial charge in [-0.05, 0) is 61.1 Å². The van der Waals surface area contributed by atoms with Gasteiger partial charge in [-0.15, -0.1) is 0 Å². The molecule has 8 heteroatoms. The summed E-state index contributed by atoms with van der Waals surface area (Å²) in [6, 6.07) is 18.2. The van der Waals surface area contributed by atoms with E-state index >= 15 is 0 Å². The van der Waals surface area contributed by atoms with Crippen molar-refractivity contribution in [1.29, 1.82) is 5.26 Å². The number of aryl methyl sites for hydroxylation is 1. The Labute approximate surface area is 194 Å². The maximum absolute atomic E-state index is 11.2. The number of rotatable bonds is 4. The lowest BCUT2D eigenvalue weighted by atomic mass is 9.90. The first-order chi connectivity index (χ1) is 16.1. The molecule has 0 unspecified atom stereocenters. The number of aromatic nitrogens is 2. The molecule has 162 valence electrons. The molecule has 1 aliphatic rings. The predicted molar refractivity (Wildman–Crippen MR) is 128 cm³/mol. The molecule has 1 aliphatic carbocycles. The molecular formula is C25H19N5O2S. The van der Waals surface area contributed by atoms with Crippen LogP contribution in [0.25, 0.3) is 22.2 Å². The van der Waals surface area contributed by atoms with Gasteiger partial charge in [-0.3, -0.25) is 10.1 Å². The van der Waals surface area contributed by atoms with E-state index in [9.17, 15) is 15.4 Å². The molecule has 0 spiro atoms. The fourth-order valence-electron chi connectivity index (χ4n) is 4.29. The summed E-state index contributed by atoms with van der Waals surface area (Å²) in [6.07, 6.45) is 3.79. The van der Waals surface area contributed by atoms with Crippen LogP contribution in [0.5, 0.6) is 0 Å².